The zero-order valence-corrected chi connectivity index (χ0v) is 12.6. The molecule has 0 radical (unpaired) electrons. The predicted octanol–water partition coefficient (Wildman–Crippen LogP) is 3.42. The van der Waals surface area contributed by atoms with Crippen LogP contribution in [0.2, 0.25) is 5.02 Å². The molecular formula is C14H18ClN5. The molecule has 0 atom stereocenters. The third-order valence-electron chi connectivity index (χ3n) is 3.04. The van der Waals surface area contributed by atoms with E-state index < -0.39 is 0 Å². The molecule has 0 aliphatic carbocycles. The smallest absolute Gasteiger partial charge is 0.247 e. The molecule has 0 fully saturated rings. The Morgan fingerprint density at radius 3 is 2.65 bits per heavy atom. The van der Waals surface area contributed by atoms with Crippen molar-refractivity contribution in [2.24, 2.45) is 0 Å². The van der Waals surface area contributed by atoms with Gasteiger partial charge in [0.25, 0.3) is 0 Å². The molecule has 2 rings (SSSR count). The minimum atomic E-state index is 0.623. The molecule has 5 nitrogen and oxygen atoms in total. The number of anilines is 3. The normalized spacial score (nSPS) is 10.4. The second kappa shape index (κ2) is 6.52. The second-order valence-corrected chi connectivity index (χ2v) is 4.81. The van der Waals surface area contributed by atoms with Crippen LogP contribution in [0.4, 0.5) is 17.5 Å². The van der Waals surface area contributed by atoms with Gasteiger partial charge in [0, 0.05) is 23.8 Å². The van der Waals surface area contributed by atoms with E-state index in [2.05, 4.69) is 34.3 Å². The highest BCUT2D eigenvalue weighted by atomic mass is 35.5. The van der Waals surface area contributed by atoms with Crippen LogP contribution in [0.5, 0.6) is 0 Å². The lowest BCUT2D eigenvalue weighted by Crippen LogP contribution is -2.24. The summed E-state index contributed by atoms with van der Waals surface area (Å²) >= 11 is 6.11. The summed E-state index contributed by atoms with van der Waals surface area (Å²) in [6.45, 7) is 7.78. The summed E-state index contributed by atoms with van der Waals surface area (Å²) in [4.78, 5) is 6.50. The Kier molecular flexibility index (Phi) is 4.74. The van der Waals surface area contributed by atoms with Gasteiger partial charge in [0.15, 0.2) is 5.82 Å². The maximum Gasteiger partial charge on any atom is 0.247 e. The van der Waals surface area contributed by atoms with Crippen LogP contribution < -0.4 is 10.2 Å². The molecule has 0 unspecified atom stereocenters. The molecule has 0 aliphatic rings. The van der Waals surface area contributed by atoms with E-state index >= 15 is 0 Å². The first-order valence-electron chi connectivity index (χ1n) is 6.61. The first-order chi connectivity index (χ1) is 9.63. The molecule has 0 bridgehead atoms. The standard InChI is InChI=1S/C14H18ClN5/c1-4-20(5-2)14-18-13(9-16-19-14)17-11-7-6-10(3)12(15)8-11/h6-9H,4-5H2,1-3H3,(H,17,18,19). The number of halogens is 1. The highest BCUT2D eigenvalue weighted by molar-refractivity contribution is 6.31. The highest BCUT2D eigenvalue weighted by Crippen LogP contribution is 2.22. The number of hydrogen-bond acceptors (Lipinski definition) is 5. The van der Waals surface area contributed by atoms with Crippen molar-refractivity contribution in [1.82, 2.24) is 15.2 Å². The lowest BCUT2D eigenvalue weighted by atomic mass is 10.2. The van der Waals surface area contributed by atoms with Crippen LogP contribution in [0.25, 0.3) is 0 Å². The van der Waals surface area contributed by atoms with Gasteiger partial charge >= 0.3 is 0 Å². The third-order valence-corrected chi connectivity index (χ3v) is 3.45. The second-order valence-electron chi connectivity index (χ2n) is 4.40. The maximum atomic E-state index is 6.11. The van der Waals surface area contributed by atoms with E-state index in [0.717, 1.165) is 29.4 Å². The van der Waals surface area contributed by atoms with Crippen LogP contribution in [0.1, 0.15) is 19.4 Å². The summed E-state index contributed by atoms with van der Waals surface area (Å²) < 4.78 is 0. The number of benzene rings is 1. The van der Waals surface area contributed by atoms with Crippen molar-refractivity contribution >= 4 is 29.1 Å². The SMILES string of the molecule is CCN(CC)c1nncc(Nc2ccc(C)c(Cl)c2)n1. The van der Waals surface area contributed by atoms with Crippen molar-refractivity contribution in [2.45, 2.75) is 20.8 Å². The topological polar surface area (TPSA) is 53.9 Å². The van der Waals surface area contributed by atoms with Gasteiger partial charge in [-0.1, -0.05) is 17.7 Å². The van der Waals surface area contributed by atoms with E-state index in [-0.39, 0.29) is 0 Å². The molecule has 1 heterocycles. The van der Waals surface area contributed by atoms with Gasteiger partial charge in [-0.25, -0.2) is 0 Å². The van der Waals surface area contributed by atoms with E-state index in [1.54, 1.807) is 6.20 Å². The quantitative estimate of drug-likeness (QED) is 0.915. The van der Waals surface area contributed by atoms with Crippen LogP contribution in [0, 0.1) is 6.92 Å². The Morgan fingerprint density at radius 2 is 2.00 bits per heavy atom. The van der Waals surface area contributed by atoms with Crippen LogP contribution in [0.3, 0.4) is 0 Å². The highest BCUT2D eigenvalue weighted by Gasteiger charge is 2.07. The number of aryl methyl sites for hydroxylation is 1. The van der Waals surface area contributed by atoms with Crippen LogP contribution in [-0.4, -0.2) is 28.3 Å². The summed E-state index contributed by atoms with van der Waals surface area (Å²) in [7, 11) is 0. The number of hydrogen-bond donors (Lipinski definition) is 1. The van der Waals surface area contributed by atoms with Gasteiger partial charge in [-0.2, -0.15) is 10.1 Å². The van der Waals surface area contributed by atoms with Crippen LogP contribution in [-0.2, 0) is 0 Å². The average molecular weight is 292 g/mol. The van der Waals surface area contributed by atoms with Crippen molar-refractivity contribution in [1.29, 1.82) is 0 Å². The lowest BCUT2D eigenvalue weighted by molar-refractivity contribution is 0.796. The molecule has 1 N–H and O–H groups in total. The molecule has 106 valence electrons. The third kappa shape index (κ3) is 3.36. The molecule has 0 aliphatic heterocycles. The Hall–Kier alpha value is -1.88. The summed E-state index contributed by atoms with van der Waals surface area (Å²) in [5.74, 6) is 1.28. The van der Waals surface area contributed by atoms with E-state index in [4.69, 9.17) is 11.6 Å². The van der Waals surface area contributed by atoms with E-state index in [0.29, 0.717) is 11.8 Å². The van der Waals surface area contributed by atoms with Crippen molar-refractivity contribution in [3.8, 4) is 0 Å². The monoisotopic (exact) mass is 291 g/mol. The van der Waals surface area contributed by atoms with Gasteiger partial charge in [-0.3, -0.25) is 0 Å². The largest absolute Gasteiger partial charge is 0.340 e. The fraction of sp³-hybridized carbons (Fsp3) is 0.357. The molecule has 0 saturated carbocycles. The van der Waals surface area contributed by atoms with Crippen LogP contribution >= 0.6 is 11.6 Å². The Bertz CT molecular complexity index is 584. The molecule has 2 aromatic rings. The molecule has 20 heavy (non-hydrogen) atoms. The van der Waals surface area contributed by atoms with Gasteiger partial charge in [-0.15, -0.1) is 5.10 Å². The van der Waals surface area contributed by atoms with Crippen molar-refractivity contribution in [3.63, 3.8) is 0 Å². The minimum absolute atomic E-state index is 0.623. The average Bonchev–Trinajstić information content (AvgIpc) is 2.45. The van der Waals surface area contributed by atoms with E-state index in [1.807, 2.05) is 30.0 Å². The van der Waals surface area contributed by atoms with E-state index in [1.165, 1.54) is 0 Å². The van der Waals surface area contributed by atoms with Crippen molar-refractivity contribution in [2.75, 3.05) is 23.3 Å². The van der Waals surface area contributed by atoms with Gasteiger partial charge in [0.1, 0.15) is 0 Å². The molecule has 1 aromatic heterocycles. The van der Waals surface area contributed by atoms with Crippen LogP contribution in [0.15, 0.2) is 24.4 Å². The summed E-state index contributed by atoms with van der Waals surface area (Å²) in [6.07, 6.45) is 1.60. The Labute approximate surface area is 124 Å². The Morgan fingerprint density at radius 1 is 1.25 bits per heavy atom. The summed E-state index contributed by atoms with van der Waals surface area (Å²) in [5.41, 5.74) is 1.92. The van der Waals surface area contributed by atoms with Crippen molar-refractivity contribution < 1.29 is 0 Å². The minimum Gasteiger partial charge on any atom is -0.340 e. The fourth-order valence-electron chi connectivity index (χ4n) is 1.81. The maximum absolute atomic E-state index is 6.11. The number of nitrogens with zero attached hydrogens (tertiary/aromatic N) is 4. The van der Waals surface area contributed by atoms with E-state index in [9.17, 15) is 0 Å². The number of rotatable bonds is 5. The van der Waals surface area contributed by atoms with Crippen molar-refractivity contribution in [3.05, 3.63) is 35.0 Å². The van der Waals surface area contributed by atoms with Gasteiger partial charge < -0.3 is 10.2 Å². The molecule has 0 amide bonds. The number of aromatic nitrogens is 3. The molecule has 1 aromatic carbocycles. The molecule has 0 spiro atoms. The molecular weight excluding hydrogens is 274 g/mol. The van der Waals surface area contributed by atoms with Gasteiger partial charge in [0.2, 0.25) is 5.95 Å². The summed E-state index contributed by atoms with van der Waals surface area (Å²) in [5, 5.41) is 12.0. The predicted molar refractivity (Wildman–Crippen MR) is 82.9 cm³/mol. The first-order valence-corrected chi connectivity index (χ1v) is 6.99. The van der Waals surface area contributed by atoms with Gasteiger partial charge in [-0.05, 0) is 38.5 Å². The first kappa shape index (κ1) is 14.5. The molecule has 0 saturated heterocycles. The zero-order valence-electron chi connectivity index (χ0n) is 11.9. The summed E-state index contributed by atoms with van der Waals surface area (Å²) in [6, 6.07) is 5.79. The number of nitrogens with one attached hydrogen (secondary N) is 1. The fourth-order valence-corrected chi connectivity index (χ4v) is 1.99. The Balaban J connectivity index is 2.21. The molecule has 6 heteroatoms. The lowest BCUT2D eigenvalue weighted by Gasteiger charge is -2.18. The zero-order chi connectivity index (χ0) is 14.5. The van der Waals surface area contributed by atoms with Gasteiger partial charge in [0.05, 0.1) is 6.20 Å².